The zero-order chi connectivity index (χ0) is 21.6. The van der Waals surface area contributed by atoms with Crippen LogP contribution in [0.5, 0.6) is 0 Å². The Hall–Kier alpha value is -1.48. The predicted octanol–water partition coefficient (Wildman–Crippen LogP) is 1.23. The van der Waals surface area contributed by atoms with Crippen molar-refractivity contribution in [3.8, 4) is 0 Å². The number of benzene rings is 1. The Bertz CT molecular complexity index is 771. The summed E-state index contributed by atoms with van der Waals surface area (Å²) in [7, 11) is -1.19. The molecule has 1 atom stereocenters. The molecule has 0 spiro atoms. The molecule has 0 aliphatic carbocycles. The number of amides is 1. The van der Waals surface area contributed by atoms with Crippen molar-refractivity contribution in [1.82, 2.24) is 19.4 Å². The van der Waals surface area contributed by atoms with Gasteiger partial charge in [0.25, 0.3) is 0 Å². The normalized spacial score (nSPS) is 21.4. The summed E-state index contributed by atoms with van der Waals surface area (Å²) in [5.74, 6) is 0.405. The van der Waals surface area contributed by atoms with E-state index in [0.29, 0.717) is 38.4 Å². The van der Waals surface area contributed by atoms with Gasteiger partial charge in [-0.2, -0.15) is 0 Å². The van der Waals surface area contributed by atoms with Crippen LogP contribution in [0.25, 0.3) is 0 Å². The lowest BCUT2D eigenvalue weighted by Crippen LogP contribution is -2.47. The Balaban J connectivity index is 1.38. The van der Waals surface area contributed by atoms with E-state index in [1.165, 1.54) is 0 Å². The van der Waals surface area contributed by atoms with Gasteiger partial charge in [-0.3, -0.25) is 4.79 Å². The highest BCUT2D eigenvalue weighted by Gasteiger charge is 2.31. The van der Waals surface area contributed by atoms with Crippen LogP contribution in [0.4, 0.5) is 0 Å². The second-order valence-electron chi connectivity index (χ2n) is 8.87. The summed E-state index contributed by atoms with van der Waals surface area (Å²) in [6.45, 7) is 9.08. The molecule has 2 aliphatic heterocycles. The van der Waals surface area contributed by atoms with Crippen molar-refractivity contribution in [1.29, 1.82) is 0 Å². The van der Waals surface area contributed by atoms with Crippen molar-refractivity contribution in [2.75, 3.05) is 59.4 Å². The quantitative estimate of drug-likeness (QED) is 0.664. The molecule has 2 aliphatic rings. The molecule has 0 bridgehead atoms. The maximum atomic E-state index is 12.7. The van der Waals surface area contributed by atoms with Crippen LogP contribution in [0.2, 0.25) is 0 Å². The number of carbonyl (C=O) groups excluding carboxylic acids is 1. The minimum Gasteiger partial charge on any atom is -0.356 e. The Morgan fingerprint density at radius 2 is 1.70 bits per heavy atom. The number of sulfonamides is 1. The summed E-state index contributed by atoms with van der Waals surface area (Å²) >= 11 is 0. The maximum Gasteiger partial charge on any atom is 0.223 e. The first-order valence-electron chi connectivity index (χ1n) is 11.0. The zero-order valence-corrected chi connectivity index (χ0v) is 19.1. The molecule has 1 aromatic carbocycles. The van der Waals surface area contributed by atoms with Gasteiger partial charge in [0, 0.05) is 58.3 Å². The Morgan fingerprint density at radius 3 is 2.33 bits per heavy atom. The smallest absolute Gasteiger partial charge is 0.223 e. The minimum atomic E-state index is -3.34. The fraction of sp³-hybridized carbons (Fsp3) is 0.682. The molecule has 0 aromatic heterocycles. The van der Waals surface area contributed by atoms with E-state index in [9.17, 15) is 13.2 Å². The van der Waals surface area contributed by atoms with Crippen molar-refractivity contribution >= 4 is 15.9 Å². The van der Waals surface area contributed by atoms with Crippen LogP contribution in [-0.2, 0) is 20.6 Å². The fourth-order valence-corrected chi connectivity index (χ4v) is 5.79. The molecular weight excluding hydrogens is 400 g/mol. The molecule has 2 heterocycles. The van der Waals surface area contributed by atoms with Crippen molar-refractivity contribution < 1.29 is 13.2 Å². The number of likely N-dealkylation sites (N-methyl/N-ethyl adjacent to an activating group) is 1. The lowest BCUT2D eigenvalue weighted by atomic mass is 9.97. The molecule has 0 radical (unpaired) electrons. The van der Waals surface area contributed by atoms with Gasteiger partial charge < -0.3 is 15.1 Å². The average Bonchev–Trinajstić information content (AvgIpc) is 2.74. The maximum absolute atomic E-state index is 12.7. The lowest BCUT2D eigenvalue weighted by Gasteiger charge is -2.34. The molecule has 1 amide bonds. The standard InChI is InChI=1S/C22H36N4O3S/c1-19(17-25-14-12-24(2)13-15-25)16-23-22(27)21-8-10-26(11-9-21)30(28,29)18-20-6-4-3-5-7-20/h3-7,19,21H,8-18H2,1-2H3,(H,23,27). The van der Waals surface area contributed by atoms with Gasteiger partial charge in [-0.1, -0.05) is 37.3 Å². The third-order valence-corrected chi connectivity index (χ3v) is 8.05. The minimum absolute atomic E-state index is 0.0223. The predicted molar refractivity (Wildman–Crippen MR) is 119 cm³/mol. The third kappa shape index (κ3) is 6.77. The van der Waals surface area contributed by atoms with Gasteiger partial charge in [0.15, 0.2) is 0 Å². The first-order valence-corrected chi connectivity index (χ1v) is 12.6. The number of nitrogens with zero attached hydrogens (tertiary/aromatic N) is 3. The van der Waals surface area contributed by atoms with Crippen molar-refractivity contribution in [3.63, 3.8) is 0 Å². The summed E-state index contributed by atoms with van der Waals surface area (Å²) in [5, 5.41) is 3.10. The highest BCUT2D eigenvalue weighted by atomic mass is 32.2. The molecule has 1 aromatic rings. The molecule has 168 valence electrons. The number of piperidine rings is 1. The number of rotatable bonds is 8. The fourth-order valence-electron chi connectivity index (χ4n) is 4.23. The van der Waals surface area contributed by atoms with Crippen LogP contribution in [0.1, 0.15) is 25.3 Å². The van der Waals surface area contributed by atoms with Crippen molar-refractivity contribution in [3.05, 3.63) is 35.9 Å². The van der Waals surface area contributed by atoms with E-state index in [-0.39, 0.29) is 17.6 Å². The molecule has 1 N–H and O–H groups in total. The molecule has 8 heteroatoms. The Morgan fingerprint density at radius 1 is 1.07 bits per heavy atom. The van der Waals surface area contributed by atoms with E-state index in [4.69, 9.17) is 0 Å². The lowest BCUT2D eigenvalue weighted by molar-refractivity contribution is -0.126. The molecular formula is C22H36N4O3S. The van der Waals surface area contributed by atoms with E-state index >= 15 is 0 Å². The highest BCUT2D eigenvalue weighted by molar-refractivity contribution is 7.88. The van der Waals surface area contributed by atoms with Gasteiger partial charge in [-0.05, 0) is 31.4 Å². The summed E-state index contributed by atoms with van der Waals surface area (Å²) in [5.41, 5.74) is 0.798. The number of hydrogen-bond acceptors (Lipinski definition) is 5. The van der Waals surface area contributed by atoms with Crippen molar-refractivity contribution in [2.24, 2.45) is 11.8 Å². The summed E-state index contributed by atoms with van der Waals surface area (Å²) < 4.78 is 26.9. The number of nitrogens with one attached hydrogen (secondary N) is 1. The van der Waals surface area contributed by atoms with E-state index < -0.39 is 10.0 Å². The van der Waals surface area contributed by atoms with E-state index in [1.54, 1.807) is 4.31 Å². The summed E-state index contributed by atoms with van der Waals surface area (Å²) in [6, 6.07) is 9.26. The number of carbonyl (C=O) groups is 1. The second-order valence-corrected chi connectivity index (χ2v) is 10.8. The van der Waals surface area contributed by atoms with Crippen LogP contribution < -0.4 is 5.32 Å². The number of piperazine rings is 1. The van der Waals surface area contributed by atoms with Gasteiger partial charge in [-0.15, -0.1) is 0 Å². The zero-order valence-electron chi connectivity index (χ0n) is 18.3. The van der Waals surface area contributed by atoms with Gasteiger partial charge in [-0.25, -0.2) is 12.7 Å². The summed E-state index contributed by atoms with van der Waals surface area (Å²) in [6.07, 6.45) is 1.18. The van der Waals surface area contributed by atoms with Gasteiger partial charge >= 0.3 is 0 Å². The van der Waals surface area contributed by atoms with E-state index in [2.05, 4.69) is 29.1 Å². The second kappa shape index (κ2) is 10.7. The average molecular weight is 437 g/mol. The molecule has 1 unspecified atom stereocenters. The first-order chi connectivity index (χ1) is 14.3. The van der Waals surface area contributed by atoms with Gasteiger partial charge in [0.05, 0.1) is 5.75 Å². The topological polar surface area (TPSA) is 73.0 Å². The SMILES string of the molecule is CC(CNC(=O)C1CCN(S(=O)(=O)Cc2ccccc2)CC1)CN1CCN(C)CC1. The Labute approximate surface area is 181 Å². The van der Waals surface area contributed by atoms with Crippen LogP contribution in [0.3, 0.4) is 0 Å². The summed E-state index contributed by atoms with van der Waals surface area (Å²) in [4.78, 5) is 17.4. The van der Waals surface area contributed by atoms with Crippen LogP contribution in [0, 0.1) is 11.8 Å². The van der Waals surface area contributed by atoms with Crippen LogP contribution in [0.15, 0.2) is 30.3 Å². The molecule has 2 fully saturated rings. The highest BCUT2D eigenvalue weighted by Crippen LogP contribution is 2.22. The largest absolute Gasteiger partial charge is 0.356 e. The first kappa shape index (κ1) is 23.2. The molecule has 2 saturated heterocycles. The Kier molecular flexibility index (Phi) is 8.27. The van der Waals surface area contributed by atoms with Gasteiger partial charge in [0.1, 0.15) is 0 Å². The van der Waals surface area contributed by atoms with Gasteiger partial charge in [0.2, 0.25) is 15.9 Å². The van der Waals surface area contributed by atoms with E-state index in [1.807, 2.05) is 30.3 Å². The molecule has 7 nitrogen and oxygen atoms in total. The molecule has 30 heavy (non-hydrogen) atoms. The molecule has 0 saturated carbocycles. The monoisotopic (exact) mass is 436 g/mol. The van der Waals surface area contributed by atoms with Crippen LogP contribution in [-0.4, -0.2) is 87.8 Å². The molecule has 3 rings (SSSR count). The van der Waals surface area contributed by atoms with E-state index in [0.717, 1.165) is 38.3 Å². The van der Waals surface area contributed by atoms with Crippen LogP contribution >= 0.6 is 0 Å². The number of hydrogen-bond donors (Lipinski definition) is 1. The third-order valence-electron chi connectivity index (χ3n) is 6.20. The van der Waals surface area contributed by atoms with Crippen molar-refractivity contribution in [2.45, 2.75) is 25.5 Å².